The predicted molar refractivity (Wildman–Crippen MR) is 196 cm³/mol. The molecule has 4 aromatic carbocycles. The van der Waals surface area contributed by atoms with Crippen molar-refractivity contribution in [3.8, 4) is 11.3 Å². The summed E-state index contributed by atoms with van der Waals surface area (Å²) in [4.78, 5) is 17.2. The first-order chi connectivity index (χ1) is 22.9. The molecule has 4 nitrogen and oxygen atoms in total. The molecule has 0 unspecified atom stereocenters. The molecule has 2 saturated carbocycles. The largest absolute Gasteiger partial charge is 0.512 e. The van der Waals surface area contributed by atoms with Gasteiger partial charge in [-0.25, -0.2) is 0 Å². The van der Waals surface area contributed by atoms with E-state index in [1.807, 2.05) is 0 Å². The van der Waals surface area contributed by atoms with Gasteiger partial charge >= 0.3 is 0 Å². The fraction of sp³-hybridized carbons (Fsp3) is 0.349. The second kappa shape index (κ2) is 14.8. The second-order valence-electron chi connectivity index (χ2n) is 13.8. The molecule has 48 heavy (non-hydrogen) atoms. The average molecular weight is 814 g/mol. The topological polar surface area (TPSA) is 55.1 Å². The molecular weight excluding hydrogens is 769 g/mol. The first kappa shape index (κ1) is 34.1. The van der Waals surface area contributed by atoms with Crippen molar-refractivity contribution in [2.24, 2.45) is 18.9 Å². The first-order valence-electron chi connectivity index (χ1n) is 17.5. The van der Waals surface area contributed by atoms with Crippen molar-refractivity contribution in [1.29, 1.82) is 0 Å². The van der Waals surface area contributed by atoms with Gasteiger partial charge in [0, 0.05) is 78.0 Å². The molecule has 6 aromatic rings. The van der Waals surface area contributed by atoms with Gasteiger partial charge in [0.15, 0.2) is 5.78 Å². The molecule has 249 valence electrons. The molecule has 2 heterocycles. The average Bonchev–Trinajstić information content (AvgIpc) is 3.42. The van der Waals surface area contributed by atoms with E-state index >= 15 is 0 Å². The molecule has 1 radical (unpaired) electrons. The number of hydrogen-bond acceptors (Lipinski definition) is 3. The van der Waals surface area contributed by atoms with Crippen LogP contribution >= 0.6 is 0 Å². The zero-order valence-corrected chi connectivity index (χ0v) is 30.7. The number of aliphatic hydroxyl groups excluding tert-OH is 1. The van der Waals surface area contributed by atoms with E-state index in [0.717, 1.165) is 48.0 Å². The van der Waals surface area contributed by atoms with Gasteiger partial charge in [-0.15, -0.1) is 23.3 Å². The second-order valence-corrected chi connectivity index (χ2v) is 13.8. The van der Waals surface area contributed by atoms with E-state index < -0.39 is 0 Å². The number of aryl methyl sites for hydroxylation is 3. The third-order valence-electron chi connectivity index (χ3n) is 10.7. The van der Waals surface area contributed by atoms with Crippen LogP contribution < -0.4 is 0 Å². The Balaban J connectivity index is 0.000000191. The van der Waals surface area contributed by atoms with Crippen molar-refractivity contribution in [3.63, 3.8) is 0 Å². The summed E-state index contributed by atoms with van der Waals surface area (Å²) in [5.74, 6) is 0.985. The minimum Gasteiger partial charge on any atom is -0.512 e. The van der Waals surface area contributed by atoms with E-state index in [2.05, 4.69) is 104 Å². The Labute approximate surface area is 297 Å². The van der Waals surface area contributed by atoms with Crippen LogP contribution in [0.1, 0.15) is 75.3 Å². The SMILES string of the molecule is Cc1c[c-]c(-c2nc3ccccc3c3c4ccccc4n(C)c23)c2cccc(C)c12.O=C(/C=C(\O)C1CCCCC1)C1CCCCC1.[Ir]. The number of para-hydroxylation sites is 2. The van der Waals surface area contributed by atoms with Gasteiger partial charge in [-0.05, 0) is 44.7 Å². The minimum absolute atomic E-state index is 0. The smallest absolute Gasteiger partial charge is 0.162 e. The number of ketones is 1. The summed E-state index contributed by atoms with van der Waals surface area (Å²) >= 11 is 0. The van der Waals surface area contributed by atoms with Crippen molar-refractivity contribution in [3.05, 3.63) is 102 Å². The van der Waals surface area contributed by atoms with Crippen molar-refractivity contribution in [1.82, 2.24) is 9.55 Å². The standard InChI is InChI=1S/C28H21N2.C15H24O2.Ir/c1-17-9-8-12-19-20(16-15-18(2)25(17)19)27-28-26(21-10-4-6-13-23(21)29-27)22-11-5-7-14-24(22)30(28)3;16-14(12-7-3-1-4-8-12)11-15(17)13-9-5-2-6-10-13;/h4-15H,1-3H3;11-13,16H,1-10H2;/q-1;;/b;14-11-;. The van der Waals surface area contributed by atoms with Crippen molar-refractivity contribution in [2.75, 3.05) is 0 Å². The van der Waals surface area contributed by atoms with Gasteiger partial charge in [0.05, 0.1) is 11.3 Å². The molecule has 2 aliphatic rings. The molecule has 2 aliphatic carbocycles. The summed E-state index contributed by atoms with van der Waals surface area (Å²) in [6, 6.07) is 29.3. The van der Waals surface area contributed by atoms with Gasteiger partial charge in [0.2, 0.25) is 0 Å². The van der Waals surface area contributed by atoms with Crippen LogP contribution in [-0.2, 0) is 31.9 Å². The number of benzene rings is 4. The molecule has 0 amide bonds. The molecule has 0 saturated heterocycles. The number of carbonyl (C=O) groups excluding carboxylic acids is 1. The van der Waals surface area contributed by atoms with Crippen LogP contribution in [-0.4, -0.2) is 20.4 Å². The van der Waals surface area contributed by atoms with Gasteiger partial charge in [-0.2, -0.15) is 0 Å². The van der Waals surface area contributed by atoms with E-state index in [4.69, 9.17) is 4.98 Å². The molecule has 0 atom stereocenters. The fourth-order valence-electron chi connectivity index (χ4n) is 8.17. The van der Waals surface area contributed by atoms with Crippen molar-refractivity contribution >= 4 is 49.3 Å². The van der Waals surface area contributed by atoms with Crippen LogP contribution in [0.4, 0.5) is 0 Å². The monoisotopic (exact) mass is 814 g/mol. The van der Waals surface area contributed by atoms with Gasteiger partial charge in [-0.3, -0.25) is 9.78 Å². The summed E-state index contributed by atoms with van der Waals surface area (Å²) in [7, 11) is 2.15. The Morgan fingerprint density at radius 1 is 0.771 bits per heavy atom. The molecule has 2 aromatic heterocycles. The maximum absolute atomic E-state index is 12.0. The normalized spacial score (nSPS) is 16.2. The van der Waals surface area contributed by atoms with E-state index in [9.17, 15) is 9.90 Å². The third-order valence-corrected chi connectivity index (χ3v) is 10.7. The van der Waals surface area contributed by atoms with Crippen LogP contribution in [0.5, 0.6) is 0 Å². The predicted octanol–water partition coefficient (Wildman–Crippen LogP) is 11.3. The van der Waals surface area contributed by atoms with Crippen molar-refractivity contribution < 1.29 is 30.0 Å². The molecular formula is C43H45IrN2O2-. The van der Waals surface area contributed by atoms with Crippen LogP contribution in [0, 0.1) is 31.7 Å². The van der Waals surface area contributed by atoms with Crippen LogP contribution in [0.2, 0.25) is 0 Å². The summed E-state index contributed by atoms with van der Waals surface area (Å²) in [5.41, 5.74) is 8.01. The summed E-state index contributed by atoms with van der Waals surface area (Å²) in [5, 5.41) is 16.3. The molecule has 0 bridgehead atoms. The molecule has 8 rings (SSSR count). The van der Waals surface area contributed by atoms with E-state index in [-0.39, 0.29) is 37.7 Å². The van der Waals surface area contributed by atoms with E-state index in [0.29, 0.717) is 5.76 Å². The molecule has 5 heteroatoms. The van der Waals surface area contributed by atoms with Gasteiger partial charge in [0.25, 0.3) is 0 Å². The number of aromatic nitrogens is 2. The first-order valence-corrected chi connectivity index (χ1v) is 17.5. The molecule has 0 aliphatic heterocycles. The fourth-order valence-corrected chi connectivity index (χ4v) is 8.17. The van der Waals surface area contributed by atoms with Gasteiger partial charge in [0.1, 0.15) is 0 Å². The quantitative estimate of drug-likeness (QED) is 0.110. The third kappa shape index (κ3) is 6.48. The van der Waals surface area contributed by atoms with Crippen LogP contribution in [0.25, 0.3) is 54.7 Å². The minimum atomic E-state index is 0. The Kier molecular flexibility index (Phi) is 10.5. The Bertz CT molecular complexity index is 2120. The maximum atomic E-state index is 12.0. The van der Waals surface area contributed by atoms with Gasteiger partial charge in [-0.1, -0.05) is 116 Å². The Hall–Kier alpha value is -3.79. The number of allylic oxidation sites excluding steroid dienone is 2. The number of nitrogens with zero attached hydrogens (tertiary/aromatic N) is 2. The van der Waals surface area contributed by atoms with Crippen molar-refractivity contribution in [2.45, 2.75) is 78.1 Å². The molecule has 2 fully saturated rings. The maximum Gasteiger partial charge on any atom is 0.162 e. The number of hydrogen-bond donors (Lipinski definition) is 1. The summed E-state index contributed by atoms with van der Waals surface area (Å²) in [6.45, 7) is 4.34. The zero-order valence-electron chi connectivity index (χ0n) is 28.3. The van der Waals surface area contributed by atoms with Crippen LogP contribution in [0.3, 0.4) is 0 Å². The molecule has 1 N–H and O–H groups in total. The number of fused-ring (bicyclic) bond motifs is 6. The Morgan fingerprint density at radius 3 is 2.12 bits per heavy atom. The van der Waals surface area contributed by atoms with E-state index in [1.165, 1.54) is 82.1 Å². The Morgan fingerprint density at radius 2 is 1.40 bits per heavy atom. The molecule has 0 spiro atoms. The summed E-state index contributed by atoms with van der Waals surface area (Å²) in [6.07, 6.45) is 13.0. The summed E-state index contributed by atoms with van der Waals surface area (Å²) < 4.78 is 2.29. The van der Waals surface area contributed by atoms with E-state index in [1.54, 1.807) is 6.08 Å². The number of carbonyl (C=O) groups is 1. The number of aliphatic hydroxyl groups is 1. The zero-order chi connectivity index (χ0) is 32.5. The number of rotatable bonds is 4. The number of pyridine rings is 1. The van der Waals surface area contributed by atoms with Gasteiger partial charge < -0.3 is 9.67 Å². The van der Waals surface area contributed by atoms with Crippen LogP contribution in [0.15, 0.2) is 84.6 Å².